The summed E-state index contributed by atoms with van der Waals surface area (Å²) >= 11 is 0. The van der Waals surface area contributed by atoms with Gasteiger partial charge in [-0.25, -0.2) is 0 Å². The first kappa shape index (κ1) is 11.1. The average molecular weight is 177 g/mol. The lowest BCUT2D eigenvalue weighted by Crippen LogP contribution is -2.47. The summed E-state index contributed by atoms with van der Waals surface area (Å²) in [6.07, 6.45) is 0.856. The first-order valence-electron chi connectivity index (χ1n) is 4.11. The van der Waals surface area contributed by atoms with Gasteiger partial charge in [-0.3, -0.25) is 0 Å². The molecule has 0 aromatic carbocycles. The zero-order valence-electron chi connectivity index (χ0n) is 7.94. The van der Waals surface area contributed by atoms with Gasteiger partial charge < -0.3 is 14.2 Å². The highest BCUT2D eigenvalue weighted by atomic mass is 28.4. The van der Waals surface area contributed by atoms with E-state index in [0.29, 0.717) is 0 Å². The van der Waals surface area contributed by atoms with Crippen LogP contribution in [-0.4, -0.2) is 35.0 Å². The highest BCUT2D eigenvalue weighted by molar-refractivity contribution is 6.66. The van der Waals surface area contributed by atoms with E-state index in [-0.39, 0.29) is 0 Å². The molecule has 68 valence electrons. The third-order valence-corrected chi connectivity index (χ3v) is 4.19. The van der Waals surface area contributed by atoms with Crippen LogP contribution in [0.1, 0.15) is 13.8 Å². The summed E-state index contributed by atoms with van der Waals surface area (Å²) < 4.78 is 11.1. The molecule has 0 heterocycles. The highest BCUT2D eigenvalue weighted by Gasteiger charge is 2.29. The van der Waals surface area contributed by atoms with Gasteiger partial charge in [-0.1, -0.05) is 0 Å². The summed E-state index contributed by atoms with van der Waals surface area (Å²) in [6.45, 7) is 7.56. The van der Waals surface area contributed by atoms with Crippen molar-refractivity contribution in [3.05, 3.63) is 0 Å². The lowest BCUT2D eigenvalue weighted by atomic mass is 10.9. The van der Waals surface area contributed by atoms with E-state index in [9.17, 15) is 0 Å². The monoisotopic (exact) mass is 177 g/mol. The highest BCUT2D eigenvalue weighted by Crippen LogP contribution is 2.04. The predicted octanol–water partition coefficient (Wildman–Crippen LogP) is 0.890. The minimum absolute atomic E-state index is 0.740. The molecule has 0 unspecified atom stereocenters. The second-order valence-corrected chi connectivity index (χ2v) is 5.73. The molecule has 0 radical (unpaired) electrons. The standard InChI is InChI=1S/C7H19NO2Si/c1-5-9-11(4,7-8-3)10-6-2/h8H,5-7H2,1-4H3. The second-order valence-electron chi connectivity index (χ2n) is 2.53. The van der Waals surface area contributed by atoms with Gasteiger partial charge in [-0.15, -0.1) is 0 Å². The fourth-order valence-electron chi connectivity index (χ4n) is 1.08. The molecule has 1 N–H and O–H groups in total. The van der Waals surface area contributed by atoms with Crippen LogP contribution < -0.4 is 5.32 Å². The van der Waals surface area contributed by atoms with E-state index in [0.717, 1.165) is 19.4 Å². The molecule has 4 heteroatoms. The third-order valence-electron chi connectivity index (χ3n) is 1.40. The molecule has 0 saturated carbocycles. The van der Waals surface area contributed by atoms with Crippen molar-refractivity contribution in [1.82, 2.24) is 5.32 Å². The SMILES string of the molecule is CCO[Si](C)(CNC)OCC. The first-order valence-corrected chi connectivity index (χ1v) is 6.63. The van der Waals surface area contributed by atoms with Crippen LogP contribution in [0.4, 0.5) is 0 Å². The van der Waals surface area contributed by atoms with Crippen LogP contribution in [0, 0.1) is 0 Å². The van der Waals surface area contributed by atoms with Crippen LogP contribution in [0.5, 0.6) is 0 Å². The average Bonchev–Trinajstić information content (AvgIpc) is 1.88. The number of rotatable bonds is 6. The zero-order chi connectivity index (χ0) is 8.74. The van der Waals surface area contributed by atoms with Crippen molar-refractivity contribution >= 4 is 8.56 Å². The van der Waals surface area contributed by atoms with Gasteiger partial charge in [0.25, 0.3) is 0 Å². The van der Waals surface area contributed by atoms with Gasteiger partial charge in [0.15, 0.2) is 0 Å². The van der Waals surface area contributed by atoms with Crippen LogP contribution in [0.15, 0.2) is 0 Å². The van der Waals surface area contributed by atoms with Crippen molar-refractivity contribution in [3.63, 3.8) is 0 Å². The maximum atomic E-state index is 5.56. The smallest absolute Gasteiger partial charge is 0.349 e. The molecule has 0 atom stereocenters. The molecule has 0 rings (SSSR count). The number of hydrogen-bond donors (Lipinski definition) is 1. The molecule has 0 aliphatic rings. The van der Waals surface area contributed by atoms with Crippen molar-refractivity contribution in [3.8, 4) is 0 Å². The summed E-state index contributed by atoms with van der Waals surface area (Å²) in [5.41, 5.74) is 0. The van der Waals surface area contributed by atoms with Crippen molar-refractivity contribution in [2.45, 2.75) is 20.4 Å². The van der Waals surface area contributed by atoms with E-state index in [4.69, 9.17) is 8.85 Å². The van der Waals surface area contributed by atoms with E-state index in [1.165, 1.54) is 0 Å². The van der Waals surface area contributed by atoms with Gasteiger partial charge in [0.1, 0.15) is 0 Å². The molecule has 0 aromatic rings. The molecule has 0 amide bonds. The molecule has 3 nitrogen and oxygen atoms in total. The van der Waals surface area contributed by atoms with Crippen LogP contribution in [-0.2, 0) is 8.85 Å². The zero-order valence-corrected chi connectivity index (χ0v) is 8.94. The van der Waals surface area contributed by atoms with Gasteiger partial charge >= 0.3 is 8.56 Å². The maximum Gasteiger partial charge on any atom is 0.349 e. The lowest BCUT2D eigenvalue weighted by Gasteiger charge is -2.25. The number of nitrogens with one attached hydrogen (secondary N) is 1. The Labute approximate surface area is 70.3 Å². The lowest BCUT2D eigenvalue weighted by molar-refractivity contribution is 0.188. The molecular formula is C7H19NO2Si. The Hall–Kier alpha value is 0.0969. The predicted molar refractivity (Wildman–Crippen MR) is 48.8 cm³/mol. The summed E-state index contributed by atoms with van der Waals surface area (Å²) in [4.78, 5) is 0. The Balaban J connectivity index is 3.79. The summed E-state index contributed by atoms with van der Waals surface area (Å²) in [7, 11) is 0.0594. The van der Waals surface area contributed by atoms with Crippen molar-refractivity contribution in [1.29, 1.82) is 0 Å². The largest absolute Gasteiger partial charge is 0.394 e. The molecule has 0 fully saturated rings. The normalized spacial score (nSPS) is 12.0. The topological polar surface area (TPSA) is 30.5 Å². The quantitative estimate of drug-likeness (QED) is 0.611. The Kier molecular flexibility index (Phi) is 5.76. The Bertz CT molecular complexity index is 83.4. The maximum absolute atomic E-state index is 5.56. The van der Waals surface area contributed by atoms with E-state index in [2.05, 4.69) is 11.9 Å². The van der Waals surface area contributed by atoms with E-state index < -0.39 is 8.56 Å². The van der Waals surface area contributed by atoms with Crippen molar-refractivity contribution in [2.75, 3.05) is 26.4 Å². The van der Waals surface area contributed by atoms with Gasteiger partial charge in [-0.2, -0.15) is 0 Å². The minimum atomic E-state index is -1.86. The first-order chi connectivity index (χ1) is 5.18. The molecule has 0 aliphatic carbocycles. The summed E-state index contributed by atoms with van der Waals surface area (Å²) in [6, 6.07) is 0. The van der Waals surface area contributed by atoms with Gasteiger partial charge in [0.05, 0.1) is 0 Å². The van der Waals surface area contributed by atoms with Crippen LogP contribution >= 0.6 is 0 Å². The summed E-state index contributed by atoms with van der Waals surface area (Å²) in [5, 5.41) is 3.09. The molecule has 0 spiro atoms. The fraction of sp³-hybridized carbons (Fsp3) is 1.00. The van der Waals surface area contributed by atoms with E-state index in [1.807, 2.05) is 20.9 Å². The van der Waals surface area contributed by atoms with Gasteiger partial charge in [0.2, 0.25) is 0 Å². The van der Waals surface area contributed by atoms with Crippen molar-refractivity contribution in [2.24, 2.45) is 0 Å². The van der Waals surface area contributed by atoms with Gasteiger partial charge in [-0.05, 0) is 27.4 Å². The van der Waals surface area contributed by atoms with Crippen LogP contribution in [0.2, 0.25) is 6.55 Å². The summed E-state index contributed by atoms with van der Waals surface area (Å²) in [5.74, 6) is 0. The minimum Gasteiger partial charge on any atom is -0.394 e. The van der Waals surface area contributed by atoms with Gasteiger partial charge in [0, 0.05) is 19.4 Å². The van der Waals surface area contributed by atoms with Crippen LogP contribution in [0.25, 0.3) is 0 Å². The molecule has 0 saturated heterocycles. The fourth-order valence-corrected chi connectivity index (χ4v) is 3.23. The Morgan fingerprint density at radius 1 is 1.18 bits per heavy atom. The van der Waals surface area contributed by atoms with Crippen LogP contribution in [0.3, 0.4) is 0 Å². The molecule has 0 aliphatic heterocycles. The third kappa shape index (κ3) is 4.52. The second kappa shape index (κ2) is 5.71. The molecule has 11 heavy (non-hydrogen) atoms. The Morgan fingerprint density at radius 2 is 1.64 bits per heavy atom. The molecule has 0 bridgehead atoms. The Morgan fingerprint density at radius 3 is 1.91 bits per heavy atom. The number of hydrogen-bond acceptors (Lipinski definition) is 3. The molecule has 0 aromatic heterocycles. The van der Waals surface area contributed by atoms with E-state index >= 15 is 0 Å². The van der Waals surface area contributed by atoms with Crippen molar-refractivity contribution < 1.29 is 8.85 Å². The molecular weight excluding hydrogens is 158 g/mol. The van der Waals surface area contributed by atoms with E-state index in [1.54, 1.807) is 0 Å².